The number of nitrogens with zero attached hydrogens (tertiary/aromatic N) is 2. The summed E-state index contributed by atoms with van der Waals surface area (Å²) in [5.74, 6) is -1.06. The Morgan fingerprint density at radius 1 is 1.67 bits per heavy atom. The molecule has 0 spiro atoms. The lowest BCUT2D eigenvalue weighted by molar-refractivity contribution is -0.138. The summed E-state index contributed by atoms with van der Waals surface area (Å²) in [7, 11) is 2.06. The van der Waals surface area contributed by atoms with Gasteiger partial charge in [0.15, 0.2) is 5.13 Å². The summed E-state index contributed by atoms with van der Waals surface area (Å²) in [6, 6.07) is -0.547. The van der Waals surface area contributed by atoms with E-state index >= 15 is 0 Å². The number of carboxylic acid groups (broad SMARTS) is 1. The van der Waals surface area contributed by atoms with Crippen LogP contribution in [0.5, 0.6) is 0 Å². The van der Waals surface area contributed by atoms with Crippen LogP contribution >= 0.6 is 11.3 Å². The van der Waals surface area contributed by atoms with Crippen molar-refractivity contribution in [2.45, 2.75) is 25.9 Å². The van der Waals surface area contributed by atoms with Crippen molar-refractivity contribution in [1.82, 2.24) is 9.88 Å². The normalized spacial score (nSPS) is 13.0. The molecular formula is C11H20N4O2S. The second-order valence-corrected chi connectivity index (χ2v) is 5.25. The molecular weight excluding hydrogens is 252 g/mol. The highest BCUT2D eigenvalue weighted by atomic mass is 32.1. The predicted octanol–water partition coefficient (Wildman–Crippen LogP) is 0.980. The molecule has 102 valence electrons. The van der Waals surface area contributed by atoms with Crippen molar-refractivity contribution in [1.29, 1.82) is 0 Å². The molecule has 0 amide bonds. The number of aliphatic carboxylic acids is 1. The second kappa shape index (κ2) is 6.67. The Morgan fingerprint density at radius 2 is 2.33 bits per heavy atom. The monoisotopic (exact) mass is 272 g/mol. The number of thiazole rings is 1. The van der Waals surface area contributed by atoms with E-state index in [1.54, 1.807) is 5.38 Å². The molecule has 0 bridgehead atoms. The van der Waals surface area contributed by atoms with E-state index < -0.39 is 12.0 Å². The Labute approximate surface area is 111 Å². The highest BCUT2D eigenvalue weighted by Gasteiger charge is 2.17. The minimum atomic E-state index is -1.06. The fraction of sp³-hybridized carbons (Fsp3) is 0.636. The van der Waals surface area contributed by atoms with Crippen molar-refractivity contribution in [3.63, 3.8) is 0 Å². The number of likely N-dealkylation sites (N-methyl/N-ethyl adjacent to an activating group) is 1. The molecule has 1 unspecified atom stereocenters. The van der Waals surface area contributed by atoms with Gasteiger partial charge >= 0.3 is 5.97 Å². The van der Waals surface area contributed by atoms with Gasteiger partial charge in [0.2, 0.25) is 0 Å². The lowest BCUT2D eigenvalue weighted by Crippen LogP contribution is -2.31. The van der Waals surface area contributed by atoms with Gasteiger partial charge in [-0.05, 0) is 20.9 Å². The van der Waals surface area contributed by atoms with Crippen LogP contribution in [0.2, 0.25) is 0 Å². The van der Waals surface area contributed by atoms with Gasteiger partial charge in [-0.15, -0.1) is 11.3 Å². The number of hydrogen-bond donors (Lipinski definition) is 3. The van der Waals surface area contributed by atoms with Crippen molar-refractivity contribution in [2.24, 2.45) is 5.73 Å². The lowest BCUT2D eigenvalue weighted by atomic mass is 10.2. The van der Waals surface area contributed by atoms with E-state index in [0.29, 0.717) is 16.9 Å². The first-order chi connectivity index (χ1) is 8.41. The third-order valence-corrected chi connectivity index (χ3v) is 3.55. The van der Waals surface area contributed by atoms with Crippen LogP contribution < -0.4 is 11.1 Å². The largest absolute Gasteiger partial charge is 0.480 e. The maximum absolute atomic E-state index is 10.7. The molecule has 1 aromatic heterocycles. The highest BCUT2D eigenvalue weighted by molar-refractivity contribution is 7.13. The summed E-state index contributed by atoms with van der Waals surface area (Å²) in [6.07, 6.45) is 0. The van der Waals surface area contributed by atoms with Gasteiger partial charge in [0.25, 0.3) is 0 Å². The van der Waals surface area contributed by atoms with E-state index in [-0.39, 0.29) is 0 Å². The first-order valence-corrected chi connectivity index (χ1v) is 6.67. The van der Waals surface area contributed by atoms with Gasteiger partial charge in [0.05, 0.1) is 5.69 Å². The van der Waals surface area contributed by atoms with Crippen molar-refractivity contribution < 1.29 is 9.90 Å². The summed E-state index contributed by atoms with van der Waals surface area (Å²) in [5, 5.41) is 14.3. The summed E-state index contributed by atoms with van der Waals surface area (Å²) in [4.78, 5) is 17.1. The molecule has 1 rings (SSSR count). The quantitative estimate of drug-likeness (QED) is 0.685. The van der Waals surface area contributed by atoms with Gasteiger partial charge in [0, 0.05) is 24.5 Å². The van der Waals surface area contributed by atoms with Crippen LogP contribution in [-0.4, -0.2) is 47.1 Å². The van der Waals surface area contributed by atoms with Crippen LogP contribution in [0.3, 0.4) is 0 Å². The van der Waals surface area contributed by atoms with Gasteiger partial charge < -0.3 is 21.1 Å². The molecule has 0 saturated carbocycles. The van der Waals surface area contributed by atoms with E-state index in [4.69, 9.17) is 10.8 Å². The molecule has 0 radical (unpaired) electrons. The number of anilines is 1. The first kappa shape index (κ1) is 14.9. The zero-order valence-electron chi connectivity index (χ0n) is 10.9. The zero-order valence-corrected chi connectivity index (χ0v) is 11.7. The van der Waals surface area contributed by atoms with Gasteiger partial charge in [-0.1, -0.05) is 0 Å². The predicted molar refractivity (Wildman–Crippen MR) is 72.9 cm³/mol. The molecule has 6 nitrogen and oxygen atoms in total. The summed E-state index contributed by atoms with van der Waals surface area (Å²) in [5.41, 5.74) is 5.87. The zero-order chi connectivity index (χ0) is 13.7. The number of hydrogen-bond acceptors (Lipinski definition) is 6. The fourth-order valence-electron chi connectivity index (χ4n) is 1.23. The molecule has 1 atom stereocenters. The maximum atomic E-state index is 10.7. The number of rotatable bonds is 7. The van der Waals surface area contributed by atoms with Crippen LogP contribution in [0.4, 0.5) is 5.13 Å². The van der Waals surface area contributed by atoms with Crippen molar-refractivity contribution in [3.8, 4) is 0 Å². The van der Waals surface area contributed by atoms with Crippen LogP contribution in [0.1, 0.15) is 25.6 Å². The topological polar surface area (TPSA) is 91.5 Å². The van der Waals surface area contributed by atoms with Gasteiger partial charge in [0.1, 0.15) is 6.04 Å². The number of carbonyl (C=O) groups is 1. The summed E-state index contributed by atoms with van der Waals surface area (Å²) >= 11 is 1.37. The Morgan fingerprint density at radius 3 is 2.89 bits per heavy atom. The van der Waals surface area contributed by atoms with E-state index in [9.17, 15) is 4.79 Å². The highest BCUT2D eigenvalue weighted by Crippen LogP contribution is 2.19. The molecule has 1 heterocycles. The molecule has 0 saturated heterocycles. The molecule has 4 N–H and O–H groups in total. The van der Waals surface area contributed by atoms with Crippen LogP contribution in [0.25, 0.3) is 0 Å². The molecule has 0 aromatic carbocycles. The van der Waals surface area contributed by atoms with Crippen LogP contribution in [-0.2, 0) is 4.79 Å². The molecule has 7 heteroatoms. The number of carboxylic acids is 1. The molecule has 0 aliphatic heterocycles. The summed E-state index contributed by atoms with van der Waals surface area (Å²) in [6.45, 7) is 5.93. The molecule has 0 fully saturated rings. The van der Waals surface area contributed by atoms with Gasteiger partial charge in [-0.3, -0.25) is 4.79 Å². The molecule has 0 aliphatic rings. The van der Waals surface area contributed by atoms with Crippen LogP contribution in [0, 0.1) is 0 Å². The Bertz CT molecular complexity index is 394. The minimum absolute atomic E-state index is 0.396. The molecule has 18 heavy (non-hydrogen) atoms. The lowest BCUT2D eigenvalue weighted by Gasteiger charge is -2.20. The number of nitrogens with one attached hydrogen (secondary N) is 1. The first-order valence-electron chi connectivity index (χ1n) is 5.79. The maximum Gasteiger partial charge on any atom is 0.326 e. The molecule has 0 aliphatic carbocycles. The number of nitrogens with two attached hydrogens (primary N) is 1. The number of aromatic nitrogens is 1. The van der Waals surface area contributed by atoms with Crippen molar-refractivity contribution in [2.75, 3.05) is 25.5 Å². The van der Waals surface area contributed by atoms with Gasteiger partial charge in [-0.25, -0.2) is 4.98 Å². The Hall–Kier alpha value is -1.18. The van der Waals surface area contributed by atoms with E-state index in [2.05, 4.69) is 36.1 Å². The Balaban J connectivity index is 2.43. The summed E-state index contributed by atoms with van der Waals surface area (Å²) < 4.78 is 0. The molecule has 1 aromatic rings. The van der Waals surface area contributed by atoms with Crippen molar-refractivity contribution in [3.05, 3.63) is 11.1 Å². The van der Waals surface area contributed by atoms with Crippen molar-refractivity contribution >= 4 is 22.4 Å². The third-order valence-electron chi connectivity index (χ3n) is 2.73. The average Bonchev–Trinajstić information content (AvgIpc) is 2.76. The van der Waals surface area contributed by atoms with Gasteiger partial charge in [-0.2, -0.15) is 0 Å². The average molecular weight is 272 g/mol. The second-order valence-electron chi connectivity index (χ2n) is 4.39. The minimum Gasteiger partial charge on any atom is -0.480 e. The smallest absolute Gasteiger partial charge is 0.326 e. The van der Waals surface area contributed by atoms with E-state index in [1.807, 2.05) is 0 Å². The van der Waals surface area contributed by atoms with E-state index in [0.717, 1.165) is 13.1 Å². The van der Waals surface area contributed by atoms with E-state index in [1.165, 1.54) is 11.3 Å². The Kier molecular flexibility index (Phi) is 5.52. The SMILES string of the molecule is CC(C)N(C)CCNc1nc(C(N)C(=O)O)cs1. The van der Waals surface area contributed by atoms with Crippen LogP contribution in [0.15, 0.2) is 5.38 Å². The fourth-order valence-corrected chi connectivity index (χ4v) is 2.01. The standard InChI is InChI=1S/C11H20N4O2S/c1-7(2)15(3)5-4-13-11-14-8(6-18-11)9(12)10(16)17/h6-7,9H,4-5,12H2,1-3H3,(H,13,14)(H,16,17). The third kappa shape index (κ3) is 4.25.